The van der Waals surface area contributed by atoms with Crippen molar-refractivity contribution in [1.82, 2.24) is 14.6 Å². The molecule has 7 heteroatoms. The highest BCUT2D eigenvalue weighted by Crippen LogP contribution is 2.19. The maximum absolute atomic E-state index is 12.4. The molecule has 1 saturated heterocycles. The second-order valence-electron chi connectivity index (χ2n) is 4.68. The molecule has 0 aromatic carbocycles. The molecule has 2 rings (SSSR count). The molecule has 0 unspecified atom stereocenters. The summed E-state index contributed by atoms with van der Waals surface area (Å²) in [5, 5.41) is 3.36. The van der Waals surface area contributed by atoms with Crippen LogP contribution in [0.1, 0.15) is 18.4 Å². The van der Waals surface area contributed by atoms with E-state index in [9.17, 15) is 8.42 Å². The maximum Gasteiger partial charge on any atom is 0.260 e. The molecule has 1 aliphatic heterocycles. The minimum atomic E-state index is -3.46. The Labute approximate surface area is 120 Å². The van der Waals surface area contributed by atoms with Gasteiger partial charge in [-0.1, -0.05) is 6.07 Å². The van der Waals surface area contributed by atoms with Gasteiger partial charge in [-0.25, -0.2) is 13.4 Å². The van der Waals surface area contributed by atoms with E-state index in [1.807, 2.05) is 6.92 Å². The Balaban J connectivity index is 0.00000180. The normalized spacial score (nSPS) is 17.2. The van der Waals surface area contributed by atoms with Crippen molar-refractivity contribution in [2.75, 3.05) is 20.1 Å². The van der Waals surface area contributed by atoms with Crippen LogP contribution in [-0.2, 0) is 10.0 Å². The van der Waals surface area contributed by atoms with Crippen molar-refractivity contribution >= 4 is 22.4 Å². The standard InChI is InChI=1S/C12H19N3O2S.ClH/c1-10-3-4-12(14-9-10)18(16,17)15(2)11-5-7-13-8-6-11;/h3-4,9,11,13H,5-8H2,1-2H3;1H. The van der Waals surface area contributed by atoms with E-state index in [4.69, 9.17) is 0 Å². The molecular weight excluding hydrogens is 286 g/mol. The zero-order valence-electron chi connectivity index (χ0n) is 11.2. The first-order valence-corrected chi connectivity index (χ1v) is 7.57. The topological polar surface area (TPSA) is 62.3 Å². The zero-order valence-corrected chi connectivity index (χ0v) is 12.8. The van der Waals surface area contributed by atoms with Crippen LogP contribution in [0.3, 0.4) is 0 Å². The number of piperidine rings is 1. The fourth-order valence-electron chi connectivity index (χ4n) is 2.12. The van der Waals surface area contributed by atoms with Gasteiger partial charge < -0.3 is 5.32 Å². The first-order chi connectivity index (χ1) is 8.51. The smallest absolute Gasteiger partial charge is 0.260 e. The summed E-state index contributed by atoms with van der Waals surface area (Å²) in [6.07, 6.45) is 3.28. The number of nitrogens with zero attached hydrogens (tertiary/aromatic N) is 2. The summed E-state index contributed by atoms with van der Waals surface area (Å²) >= 11 is 0. The van der Waals surface area contributed by atoms with Gasteiger partial charge in [0.1, 0.15) is 0 Å². The number of pyridine rings is 1. The van der Waals surface area contributed by atoms with Crippen LogP contribution in [0.15, 0.2) is 23.4 Å². The number of hydrogen-bond donors (Lipinski definition) is 1. The lowest BCUT2D eigenvalue weighted by Gasteiger charge is -2.30. The van der Waals surface area contributed by atoms with E-state index in [-0.39, 0.29) is 23.5 Å². The minimum Gasteiger partial charge on any atom is -0.317 e. The molecule has 0 radical (unpaired) electrons. The van der Waals surface area contributed by atoms with E-state index in [1.165, 1.54) is 4.31 Å². The molecule has 0 aliphatic carbocycles. The van der Waals surface area contributed by atoms with Crippen molar-refractivity contribution in [1.29, 1.82) is 0 Å². The van der Waals surface area contributed by atoms with Gasteiger partial charge in [0, 0.05) is 19.3 Å². The number of sulfonamides is 1. The highest BCUT2D eigenvalue weighted by atomic mass is 35.5. The molecule has 0 bridgehead atoms. The van der Waals surface area contributed by atoms with E-state index in [0.717, 1.165) is 31.5 Å². The average molecular weight is 306 g/mol. The number of halogens is 1. The quantitative estimate of drug-likeness (QED) is 0.911. The number of hydrogen-bond acceptors (Lipinski definition) is 4. The molecule has 0 spiro atoms. The lowest BCUT2D eigenvalue weighted by atomic mass is 10.1. The highest BCUT2D eigenvalue weighted by Gasteiger charge is 2.29. The van der Waals surface area contributed by atoms with E-state index < -0.39 is 10.0 Å². The predicted molar refractivity (Wildman–Crippen MR) is 77.1 cm³/mol. The van der Waals surface area contributed by atoms with Gasteiger partial charge in [0.15, 0.2) is 5.03 Å². The first kappa shape index (κ1) is 16.4. The van der Waals surface area contributed by atoms with E-state index >= 15 is 0 Å². The van der Waals surface area contributed by atoms with Crippen molar-refractivity contribution in [3.05, 3.63) is 23.9 Å². The Kier molecular flexibility index (Phi) is 5.73. The summed E-state index contributed by atoms with van der Waals surface area (Å²) in [5.74, 6) is 0. The summed E-state index contributed by atoms with van der Waals surface area (Å²) in [6, 6.07) is 3.41. The molecular formula is C12H20ClN3O2S. The fraction of sp³-hybridized carbons (Fsp3) is 0.583. The Morgan fingerprint density at radius 2 is 1.95 bits per heavy atom. The van der Waals surface area contributed by atoms with Crippen molar-refractivity contribution in [2.24, 2.45) is 0 Å². The molecule has 0 saturated carbocycles. The Hall–Kier alpha value is -0.690. The van der Waals surface area contributed by atoms with Crippen molar-refractivity contribution in [3.63, 3.8) is 0 Å². The summed E-state index contributed by atoms with van der Waals surface area (Å²) < 4.78 is 26.2. The van der Waals surface area contributed by atoms with Gasteiger partial charge in [0.05, 0.1) is 0 Å². The molecule has 1 fully saturated rings. The third-order valence-corrected chi connectivity index (χ3v) is 5.18. The second-order valence-corrected chi connectivity index (χ2v) is 6.62. The molecule has 108 valence electrons. The van der Waals surface area contributed by atoms with Gasteiger partial charge in [-0.05, 0) is 44.5 Å². The molecule has 1 aliphatic rings. The molecule has 19 heavy (non-hydrogen) atoms. The van der Waals surface area contributed by atoms with Gasteiger partial charge in [-0.2, -0.15) is 4.31 Å². The average Bonchev–Trinajstić information content (AvgIpc) is 2.39. The highest BCUT2D eigenvalue weighted by molar-refractivity contribution is 7.89. The van der Waals surface area contributed by atoms with E-state index in [2.05, 4.69) is 10.3 Å². The molecule has 5 nitrogen and oxygen atoms in total. The molecule has 0 atom stereocenters. The second kappa shape index (κ2) is 6.65. The van der Waals surface area contributed by atoms with Crippen LogP contribution < -0.4 is 5.32 Å². The lowest BCUT2D eigenvalue weighted by molar-refractivity contribution is 0.295. The van der Waals surface area contributed by atoms with Crippen LogP contribution in [0.25, 0.3) is 0 Å². The third-order valence-electron chi connectivity index (χ3n) is 3.35. The summed E-state index contributed by atoms with van der Waals surface area (Å²) in [6.45, 7) is 3.62. The number of rotatable bonds is 3. The molecule has 1 aromatic rings. The molecule has 0 amide bonds. The van der Waals surface area contributed by atoms with Crippen LogP contribution in [0.2, 0.25) is 0 Å². The Morgan fingerprint density at radius 3 is 2.47 bits per heavy atom. The van der Waals surface area contributed by atoms with E-state index in [0.29, 0.717) is 0 Å². The van der Waals surface area contributed by atoms with Gasteiger partial charge in [-0.15, -0.1) is 12.4 Å². The van der Waals surface area contributed by atoms with Crippen LogP contribution in [0, 0.1) is 6.92 Å². The Bertz CT molecular complexity index is 498. The largest absolute Gasteiger partial charge is 0.317 e. The number of aromatic nitrogens is 1. The molecule has 2 heterocycles. The van der Waals surface area contributed by atoms with Gasteiger partial charge in [-0.3, -0.25) is 0 Å². The van der Waals surface area contributed by atoms with Gasteiger partial charge in [0.25, 0.3) is 10.0 Å². The lowest BCUT2D eigenvalue weighted by Crippen LogP contribution is -2.44. The van der Waals surface area contributed by atoms with Crippen molar-refractivity contribution in [3.8, 4) is 0 Å². The number of nitrogens with one attached hydrogen (secondary N) is 1. The van der Waals surface area contributed by atoms with Crippen molar-refractivity contribution < 1.29 is 8.42 Å². The van der Waals surface area contributed by atoms with Crippen LogP contribution in [0.5, 0.6) is 0 Å². The van der Waals surface area contributed by atoms with Crippen LogP contribution in [-0.4, -0.2) is 43.9 Å². The van der Waals surface area contributed by atoms with Gasteiger partial charge >= 0.3 is 0 Å². The summed E-state index contributed by atoms with van der Waals surface area (Å²) in [5.41, 5.74) is 0.957. The van der Waals surface area contributed by atoms with Gasteiger partial charge in [0.2, 0.25) is 0 Å². The Morgan fingerprint density at radius 1 is 1.32 bits per heavy atom. The SMILES string of the molecule is Cc1ccc(S(=O)(=O)N(C)C2CCNCC2)nc1.Cl. The van der Waals surface area contributed by atoms with Crippen LogP contribution in [0.4, 0.5) is 0 Å². The summed E-state index contributed by atoms with van der Waals surface area (Å²) in [7, 11) is -1.82. The molecule has 1 aromatic heterocycles. The van der Waals surface area contributed by atoms with Crippen LogP contribution >= 0.6 is 12.4 Å². The zero-order chi connectivity index (χ0) is 13.2. The minimum absolute atomic E-state index is 0. The third kappa shape index (κ3) is 3.66. The van der Waals surface area contributed by atoms with E-state index in [1.54, 1.807) is 25.4 Å². The fourth-order valence-corrected chi connectivity index (χ4v) is 3.45. The first-order valence-electron chi connectivity index (χ1n) is 6.13. The number of aryl methyl sites for hydroxylation is 1. The van der Waals surface area contributed by atoms with Crippen molar-refractivity contribution in [2.45, 2.75) is 30.8 Å². The predicted octanol–water partition coefficient (Wildman–Crippen LogP) is 1.18. The summed E-state index contributed by atoms with van der Waals surface area (Å²) in [4.78, 5) is 4.02. The molecule has 1 N–H and O–H groups in total. The monoisotopic (exact) mass is 305 g/mol. The maximum atomic E-state index is 12.4.